The average molecular weight is 303 g/mol. The number of nitrogens with one attached hydrogen (secondary N) is 1. The van der Waals surface area contributed by atoms with Crippen LogP contribution in [-0.4, -0.2) is 48.9 Å². The molecule has 2 unspecified atom stereocenters. The van der Waals surface area contributed by atoms with E-state index in [1.165, 1.54) is 7.11 Å². The lowest BCUT2D eigenvalue weighted by Crippen LogP contribution is -2.52. The van der Waals surface area contributed by atoms with Crippen molar-refractivity contribution in [2.24, 2.45) is 0 Å². The van der Waals surface area contributed by atoms with Gasteiger partial charge in [0.05, 0.1) is 7.11 Å². The minimum Gasteiger partial charge on any atom is -0.468 e. The number of thioether (sulfide) groups is 1. The lowest BCUT2D eigenvalue weighted by molar-refractivity contribution is -0.148. The van der Waals surface area contributed by atoms with Crippen LogP contribution in [0.15, 0.2) is 0 Å². The van der Waals surface area contributed by atoms with E-state index in [4.69, 9.17) is 9.47 Å². The molecule has 1 saturated heterocycles. The number of carbonyl (C=O) groups is 1. The highest BCUT2D eigenvalue weighted by molar-refractivity contribution is 8.00. The maximum Gasteiger partial charge on any atom is 0.325 e. The van der Waals surface area contributed by atoms with Gasteiger partial charge in [-0.05, 0) is 39.2 Å². The van der Waals surface area contributed by atoms with Crippen LogP contribution < -0.4 is 5.32 Å². The van der Waals surface area contributed by atoms with Crippen LogP contribution in [-0.2, 0) is 14.3 Å². The SMILES string of the molecule is CCCNC(C)(CC(C)SC1CCOCC1)C(=O)OC. The van der Waals surface area contributed by atoms with Crippen molar-refractivity contribution in [1.29, 1.82) is 0 Å². The van der Waals surface area contributed by atoms with Crippen LogP contribution >= 0.6 is 11.8 Å². The Morgan fingerprint density at radius 2 is 2.15 bits per heavy atom. The molecule has 0 radical (unpaired) electrons. The monoisotopic (exact) mass is 303 g/mol. The third-order valence-electron chi connectivity index (χ3n) is 3.69. The van der Waals surface area contributed by atoms with Crippen molar-refractivity contribution in [3.63, 3.8) is 0 Å². The molecule has 5 heteroatoms. The minimum absolute atomic E-state index is 0.162. The highest BCUT2D eigenvalue weighted by Crippen LogP contribution is 2.30. The first kappa shape index (κ1) is 17.8. The summed E-state index contributed by atoms with van der Waals surface area (Å²) in [7, 11) is 1.46. The molecule has 0 saturated carbocycles. The van der Waals surface area contributed by atoms with E-state index in [0.717, 1.165) is 45.4 Å². The second kappa shape index (κ2) is 8.90. The minimum atomic E-state index is -0.581. The smallest absolute Gasteiger partial charge is 0.325 e. The maximum absolute atomic E-state index is 12.1. The summed E-state index contributed by atoms with van der Waals surface area (Å²) in [5, 5.41) is 4.43. The molecule has 2 atom stereocenters. The third-order valence-corrected chi connectivity index (χ3v) is 5.18. The number of carbonyl (C=O) groups excluding carboxylic acids is 1. The summed E-state index contributed by atoms with van der Waals surface area (Å²) in [4.78, 5) is 12.1. The van der Waals surface area contributed by atoms with Gasteiger partial charge in [0.15, 0.2) is 0 Å². The number of ether oxygens (including phenoxy) is 2. The fourth-order valence-electron chi connectivity index (χ4n) is 2.62. The van der Waals surface area contributed by atoms with Crippen molar-refractivity contribution in [2.45, 2.75) is 62.5 Å². The Hall–Kier alpha value is -0.260. The Kier molecular flexibility index (Phi) is 7.92. The molecule has 1 N–H and O–H groups in total. The molecule has 0 aromatic rings. The molecule has 1 aliphatic heterocycles. The van der Waals surface area contributed by atoms with Gasteiger partial charge >= 0.3 is 5.97 Å². The predicted octanol–water partition coefficient (Wildman–Crippen LogP) is 2.61. The van der Waals surface area contributed by atoms with Crippen LogP contribution in [0.25, 0.3) is 0 Å². The van der Waals surface area contributed by atoms with E-state index < -0.39 is 5.54 Å². The second-order valence-electron chi connectivity index (χ2n) is 5.71. The van der Waals surface area contributed by atoms with Crippen LogP contribution in [0.3, 0.4) is 0 Å². The van der Waals surface area contributed by atoms with E-state index in [1.807, 2.05) is 18.7 Å². The van der Waals surface area contributed by atoms with Crippen molar-refractivity contribution < 1.29 is 14.3 Å². The van der Waals surface area contributed by atoms with Gasteiger partial charge in [-0.2, -0.15) is 11.8 Å². The topological polar surface area (TPSA) is 47.6 Å². The van der Waals surface area contributed by atoms with Gasteiger partial charge in [-0.25, -0.2) is 0 Å². The van der Waals surface area contributed by atoms with E-state index >= 15 is 0 Å². The summed E-state index contributed by atoms with van der Waals surface area (Å²) in [5.41, 5.74) is -0.581. The second-order valence-corrected chi connectivity index (χ2v) is 7.46. The van der Waals surface area contributed by atoms with Gasteiger partial charge in [-0.15, -0.1) is 0 Å². The number of methoxy groups -OCH3 is 1. The first-order valence-electron chi connectivity index (χ1n) is 7.58. The summed E-state index contributed by atoms with van der Waals surface area (Å²) in [6.07, 6.45) is 4.04. The molecular weight excluding hydrogens is 274 g/mol. The summed E-state index contributed by atoms with van der Waals surface area (Å²) in [6.45, 7) is 8.83. The molecule has 118 valence electrons. The maximum atomic E-state index is 12.1. The van der Waals surface area contributed by atoms with Crippen LogP contribution in [0, 0.1) is 0 Å². The summed E-state index contributed by atoms with van der Waals surface area (Å²) in [6, 6.07) is 0. The van der Waals surface area contributed by atoms with E-state index in [9.17, 15) is 4.79 Å². The molecule has 4 nitrogen and oxygen atoms in total. The Morgan fingerprint density at radius 1 is 1.50 bits per heavy atom. The molecule has 0 aromatic heterocycles. The van der Waals surface area contributed by atoms with Gasteiger partial charge in [0, 0.05) is 23.7 Å². The Labute approximate surface area is 127 Å². The van der Waals surface area contributed by atoms with Gasteiger partial charge in [0.2, 0.25) is 0 Å². The van der Waals surface area contributed by atoms with E-state index in [1.54, 1.807) is 0 Å². The molecule has 1 rings (SSSR count). The average Bonchev–Trinajstić information content (AvgIpc) is 2.45. The summed E-state index contributed by atoms with van der Waals surface area (Å²) in [5.74, 6) is -0.162. The number of hydrogen-bond donors (Lipinski definition) is 1. The Morgan fingerprint density at radius 3 is 2.70 bits per heavy atom. The first-order chi connectivity index (χ1) is 9.51. The predicted molar refractivity (Wildman–Crippen MR) is 84.2 cm³/mol. The molecule has 1 heterocycles. The highest BCUT2D eigenvalue weighted by atomic mass is 32.2. The first-order valence-corrected chi connectivity index (χ1v) is 8.52. The highest BCUT2D eigenvalue weighted by Gasteiger charge is 2.35. The van der Waals surface area contributed by atoms with Crippen LogP contribution in [0.4, 0.5) is 0 Å². The van der Waals surface area contributed by atoms with E-state index in [2.05, 4.69) is 19.2 Å². The quantitative estimate of drug-likeness (QED) is 0.699. The zero-order valence-electron chi connectivity index (χ0n) is 13.2. The Balaban J connectivity index is 2.51. The molecule has 0 aliphatic carbocycles. The van der Waals surface area contributed by atoms with Crippen molar-refractivity contribution in [3.05, 3.63) is 0 Å². The van der Waals surface area contributed by atoms with Crippen molar-refractivity contribution in [1.82, 2.24) is 5.32 Å². The lowest BCUT2D eigenvalue weighted by atomic mass is 9.96. The lowest BCUT2D eigenvalue weighted by Gasteiger charge is -2.32. The molecule has 0 bridgehead atoms. The van der Waals surface area contributed by atoms with E-state index in [-0.39, 0.29) is 5.97 Å². The van der Waals surface area contributed by atoms with Crippen molar-refractivity contribution in [3.8, 4) is 0 Å². The zero-order valence-corrected chi connectivity index (χ0v) is 14.1. The Bertz CT molecular complexity index is 295. The van der Waals surface area contributed by atoms with E-state index in [0.29, 0.717) is 10.5 Å². The van der Waals surface area contributed by atoms with Crippen molar-refractivity contribution >= 4 is 17.7 Å². The summed E-state index contributed by atoms with van der Waals surface area (Å²) < 4.78 is 10.4. The molecule has 1 aliphatic rings. The third kappa shape index (κ3) is 5.62. The fourth-order valence-corrected chi connectivity index (χ4v) is 4.17. The van der Waals surface area contributed by atoms with Gasteiger partial charge in [0.1, 0.15) is 5.54 Å². The number of esters is 1. The van der Waals surface area contributed by atoms with Crippen LogP contribution in [0.2, 0.25) is 0 Å². The zero-order chi connectivity index (χ0) is 15.0. The molecule has 20 heavy (non-hydrogen) atoms. The van der Waals surface area contributed by atoms with Gasteiger partial charge in [-0.3, -0.25) is 4.79 Å². The summed E-state index contributed by atoms with van der Waals surface area (Å²) >= 11 is 1.98. The van der Waals surface area contributed by atoms with Crippen molar-refractivity contribution in [2.75, 3.05) is 26.9 Å². The molecular formula is C15H29NO3S. The molecule has 0 amide bonds. The number of hydrogen-bond acceptors (Lipinski definition) is 5. The van der Waals surface area contributed by atoms with Gasteiger partial charge < -0.3 is 14.8 Å². The molecule has 1 fully saturated rings. The standard InChI is InChI=1S/C15H29NO3S/c1-5-8-16-15(3,14(17)18-4)11-12(2)20-13-6-9-19-10-7-13/h12-13,16H,5-11H2,1-4H3. The molecule has 0 aromatic carbocycles. The normalized spacial score (nSPS) is 21.2. The van der Waals surface area contributed by atoms with Crippen LogP contribution in [0.1, 0.15) is 46.5 Å². The largest absolute Gasteiger partial charge is 0.468 e. The number of rotatable bonds is 8. The van der Waals surface area contributed by atoms with Crippen LogP contribution in [0.5, 0.6) is 0 Å². The molecule has 0 spiro atoms. The van der Waals surface area contributed by atoms with Gasteiger partial charge in [0.25, 0.3) is 0 Å². The fraction of sp³-hybridized carbons (Fsp3) is 0.933. The van der Waals surface area contributed by atoms with Gasteiger partial charge in [-0.1, -0.05) is 13.8 Å².